The van der Waals surface area contributed by atoms with Crippen molar-refractivity contribution in [3.63, 3.8) is 0 Å². The van der Waals surface area contributed by atoms with E-state index >= 15 is 0 Å². The topological polar surface area (TPSA) is 61.3 Å². The highest BCUT2D eigenvalue weighted by atomic mass is 16.5. The molecule has 1 unspecified atom stereocenters. The third-order valence-corrected chi connectivity index (χ3v) is 2.80. The molecule has 0 heterocycles. The summed E-state index contributed by atoms with van der Waals surface area (Å²) in [6.07, 6.45) is 0. The van der Waals surface area contributed by atoms with Crippen LogP contribution in [0.4, 0.5) is 5.69 Å². The normalized spacial score (nSPS) is 12.1. The summed E-state index contributed by atoms with van der Waals surface area (Å²) < 4.78 is 5.73. The fraction of sp³-hybridized carbons (Fsp3) is 0.200. The highest BCUT2D eigenvalue weighted by molar-refractivity contribution is 5.51. The van der Waals surface area contributed by atoms with Gasteiger partial charge in [0.05, 0.1) is 0 Å². The quantitative estimate of drug-likeness (QED) is 0.810. The van der Waals surface area contributed by atoms with E-state index in [1.807, 2.05) is 55.5 Å². The molecular formula is C15H18N2O. The fourth-order valence-electron chi connectivity index (χ4n) is 1.78. The maximum absolute atomic E-state index is 5.86. The third-order valence-electron chi connectivity index (χ3n) is 2.80. The lowest BCUT2D eigenvalue weighted by Crippen LogP contribution is -2.08. The molecule has 18 heavy (non-hydrogen) atoms. The summed E-state index contributed by atoms with van der Waals surface area (Å²) in [5.74, 6) is 0.792. The Morgan fingerprint density at radius 3 is 2.50 bits per heavy atom. The van der Waals surface area contributed by atoms with Crippen molar-refractivity contribution in [2.75, 3.05) is 5.73 Å². The van der Waals surface area contributed by atoms with E-state index in [9.17, 15) is 0 Å². The van der Waals surface area contributed by atoms with Gasteiger partial charge in [0, 0.05) is 11.7 Å². The number of ether oxygens (including phenoxy) is 1. The first-order valence-electron chi connectivity index (χ1n) is 5.98. The molecule has 2 aromatic carbocycles. The summed E-state index contributed by atoms with van der Waals surface area (Å²) in [5.41, 5.74) is 14.5. The molecule has 0 radical (unpaired) electrons. The van der Waals surface area contributed by atoms with Crippen molar-refractivity contribution in [1.29, 1.82) is 0 Å². The van der Waals surface area contributed by atoms with Gasteiger partial charge < -0.3 is 16.2 Å². The Bertz CT molecular complexity index is 509. The smallest absolute Gasteiger partial charge is 0.120 e. The van der Waals surface area contributed by atoms with E-state index < -0.39 is 0 Å². The predicted molar refractivity (Wildman–Crippen MR) is 74.2 cm³/mol. The van der Waals surface area contributed by atoms with Gasteiger partial charge >= 0.3 is 0 Å². The minimum Gasteiger partial charge on any atom is -0.489 e. The number of benzene rings is 2. The van der Waals surface area contributed by atoms with Crippen LogP contribution in [0.15, 0.2) is 48.5 Å². The molecule has 94 valence electrons. The Balaban J connectivity index is 2.08. The van der Waals surface area contributed by atoms with Crippen LogP contribution in [0.3, 0.4) is 0 Å². The summed E-state index contributed by atoms with van der Waals surface area (Å²) >= 11 is 0. The SMILES string of the molecule is CC(N)c1cc(OCc2ccccc2)ccc1N. The van der Waals surface area contributed by atoms with Crippen LogP contribution < -0.4 is 16.2 Å². The summed E-state index contributed by atoms with van der Waals surface area (Å²) in [6.45, 7) is 2.45. The van der Waals surface area contributed by atoms with Crippen molar-refractivity contribution in [2.45, 2.75) is 19.6 Å². The van der Waals surface area contributed by atoms with Gasteiger partial charge in [-0.05, 0) is 36.2 Å². The summed E-state index contributed by atoms with van der Waals surface area (Å²) in [6, 6.07) is 15.6. The van der Waals surface area contributed by atoms with Gasteiger partial charge in [-0.15, -0.1) is 0 Å². The van der Waals surface area contributed by atoms with Gasteiger partial charge in [-0.2, -0.15) is 0 Å². The Kier molecular flexibility index (Phi) is 3.85. The molecule has 3 heteroatoms. The Morgan fingerprint density at radius 1 is 1.11 bits per heavy atom. The molecule has 1 atom stereocenters. The summed E-state index contributed by atoms with van der Waals surface area (Å²) in [7, 11) is 0. The van der Waals surface area contributed by atoms with Crippen LogP contribution in [0, 0.1) is 0 Å². The van der Waals surface area contributed by atoms with Gasteiger partial charge in [-0.3, -0.25) is 0 Å². The summed E-state index contributed by atoms with van der Waals surface area (Å²) in [5, 5.41) is 0. The maximum atomic E-state index is 5.86. The van der Waals surface area contributed by atoms with Gasteiger partial charge in [0.25, 0.3) is 0 Å². The van der Waals surface area contributed by atoms with Crippen LogP contribution in [0.5, 0.6) is 5.75 Å². The minimum atomic E-state index is -0.0923. The van der Waals surface area contributed by atoms with Crippen molar-refractivity contribution >= 4 is 5.69 Å². The number of nitrogen functional groups attached to an aromatic ring is 1. The molecular weight excluding hydrogens is 224 g/mol. The van der Waals surface area contributed by atoms with Gasteiger partial charge in [0.2, 0.25) is 0 Å². The number of hydrogen-bond acceptors (Lipinski definition) is 3. The van der Waals surface area contributed by atoms with Crippen molar-refractivity contribution < 1.29 is 4.74 Å². The number of nitrogens with two attached hydrogens (primary N) is 2. The Labute approximate surface area is 107 Å². The van der Waals surface area contributed by atoms with E-state index in [0.29, 0.717) is 12.3 Å². The first-order valence-corrected chi connectivity index (χ1v) is 5.98. The van der Waals surface area contributed by atoms with E-state index in [-0.39, 0.29) is 6.04 Å². The monoisotopic (exact) mass is 242 g/mol. The highest BCUT2D eigenvalue weighted by Gasteiger charge is 2.06. The Hall–Kier alpha value is -2.00. The standard InChI is InChI=1S/C15H18N2O/c1-11(16)14-9-13(7-8-15(14)17)18-10-12-5-3-2-4-6-12/h2-9,11H,10,16-17H2,1H3. The largest absolute Gasteiger partial charge is 0.489 e. The summed E-state index contributed by atoms with van der Waals surface area (Å²) in [4.78, 5) is 0. The molecule has 0 bridgehead atoms. The maximum Gasteiger partial charge on any atom is 0.120 e. The van der Waals surface area contributed by atoms with Crippen molar-refractivity contribution in [1.82, 2.24) is 0 Å². The van der Waals surface area contributed by atoms with Crippen molar-refractivity contribution in [2.24, 2.45) is 5.73 Å². The second-order valence-corrected chi connectivity index (χ2v) is 4.35. The van der Waals surface area contributed by atoms with Crippen LogP contribution in [0.25, 0.3) is 0 Å². The van der Waals surface area contributed by atoms with Crippen LogP contribution in [0.2, 0.25) is 0 Å². The van der Waals surface area contributed by atoms with E-state index in [2.05, 4.69) is 0 Å². The molecule has 0 saturated carbocycles. The average Bonchev–Trinajstić information content (AvgIpc) is 2.38. The number of hydrogen-bond donors (Lipinski definition) is 2. The van der Waals surface area contributed by atoms with Gasteiger partial charge in [0.1, 0.15) is 12.4 Å². The average molecular weight is 242 g/mol. The van der Waals surface area contributed by atoms with Crippen LogP contribution in [-0.4, -0.2) is 0 Å². The fourth-order valence-corrected chi connectivity index (χ4v) is 1.78. The molecule has 3 nitrogen and oxygen atoms in total. The van der Waals surface area contributed by atoms with E-state index in [0.717, 1.165) is 16.9 Å². The molecule has 0 aromatic heterocycles. The molecule has 4 N–H and O–H groups in total. The molecule has 2 rings (SSSR count). The zero-order chi connectivity index (χ0) is 13.0. The lowest BCUT2D eigenvalue weighted by molar-refractivity contribution is 0.306. The predicted octanol–water partition coefficient (Wildman–Crippen LogP) is 2.87. The van der Waals surface area contributed by atoms with Crippen molar-refractivity contribution in [3.05, 3.63) is 59.7 Å². The van der Waals surface area contributed by atoms with E-state index in [1.54, 1.807) is 0 Å². The zero-order valence-electron chi connectivity index (χ0n) is 10.5. The van der Waals surface area contributed by atoms with Gasteiger partial charge in [-0.1, -0.05) is 30.3 Å². The minimum absolute atomic E-state index is 0.0923. The second kappa shape index (κ2) is 5.56. The molecule has 2 aromatic rings. The van der Waals surface area contributed by atoms with Gasteiger partial charge in [-0.25, -0.2) is 0 Å². The molecule has 0 aliphatic heterocycles. The lowest BCUT2D eigenvalue weighted by Gasteiger charge is -2.12. The second-order valence-electron chi connectivity index (χ2n) is 4.35. The molecule has 0 aliphatic rings. The van der Waals surface area contributed by atoms with E-state index in [1.165, 1.54) is 0 Å². The van der Waals surface area contributed by atoms with E-state index in [4.69, 9.17) is 16.2 Å². The number of anilines is 1. The van der Waals surface area contributed by atoms with Crippen molar-refractivity contribution in [3.8, 4) is 5.75 Å². The van der Waals surface area contributed by atoms with Crippen LogP contribution in [0.1, 0.15) is 24.1 Å². The molecule has 0 saturated heterocycles. The zero-order valence-corrected chi connectivity index (χ0v) is 10.5. The van der Waals surface area contributed by atoms with Gasteiger partial charge in [0.15, 0.2) is 0 Å². The van der Waals surface area contributed by atoms with Crippen LogP contribution in [-0.2, 0) is 6.61 Å². The molecule has 0 aliphatic carbocycles. The van der Waals surface area contributed by atoms with Crippen LogP contribution >= 0.6 is 0 Å². The molecule has 0 spiro atoms. The highest BCUT2D eigenvalue weighted by Crippen LogP contribution is 2.24. The number of rotatable bonds is 4. The molecule has 0 amide bonds. The third kappa shape index (κ3) is 3.02. The Morgan fingerprint density at radius 2 is 1.83 bits per heavy atom. The lowest BCUT2D eigenvalue weighted by atomic mass is 10.1. The molecule has 0 fully saturated rings. The first-order chi connectivity index (χ1) is 8.66. The first kappa shape index (κ1) is 12.5.